The number of nitrogens with one attached hydrogen (secondary N) is 1. The molecule has 0 bridgehead atoms. The normalized spacial score (nSPS) is 13.1. The van der Waals surface area contributed by atoms with E-state index >= 15 is 0 Å². The predicted molar refractivity (Wildman–Crippen MR) is 78.1 cm³/mol. The fourth-order valence-corrected chi connectivity index (χ4v) is 2.96. The van der Waals surface area contributed by atoms with E-state index in [1.807, 2.05) is 0 Å². The third-order valence-electron chi connectivity index (χ3n) is 2.77. The molecule has 1 unspecified atom stereocenters. The Balaban J connectivity index is 2.83. The second-order valence-electron chi connectivity index (χ2n) is 4.63. The molecule has 0 radical (unpaired) electrons. The summed E-state index contributed by atoms with van der Waals surface area (Å²) in [5.74, 6) is -1.24. The molecule has 0 saturated heterocycles. The molecule has 1 aromatic rings. The predicted octanol–water partition coefficient (Wildman–Crippen LogP) is 3.03. The number of benzene rings is 1. The first kappa shape index (κ1) is 18.5. The van der Waals surface area contributed by atoms with Crippen LogP contribution >= 0.6 is 0 Å². The van der Waals surface area contributed by atoms with Gasteiger partial charge in [-0.25, -0.2) is 26.3 Å². The van der Waals surface area contributed by atoms with Gasteiger partial charge in [0.1, 0.15) is 6.61 Å². The Morgan fingerprint density at radius 1 is 1.41 bits per heavy atom. The van der Waals surface area contributed by atoms with Gasteiger partial charge in [-0.1, -0.05) is 12.1 Å². The molecule has 0 aliphatic carbocycles. The van der Waals surface area contributed by atoms with Crippen molar-refractivity contribution in [2.75, 3.05) is 12.4 Å². The first-order chi connectivity index (χ1) is 10.2. The molecule has 124 valence electrons. The monoisotopic (exact) mass is 337 g/mol. The van der Waals surface area contributed by atoms with E-state index in [0.717, 1.165) is 6.07 Å². The highest BCUT2D eigenvalue weighted by atomic mass is 32.2. The van der Waals surface area contributed by atoms with Gasteiger partial charge in [-0.2, -0.15) is 0 Å². The van der Waals surface area contributed by atoms with Crippen LogP contribution in [-0.4, -0.2) is 27.2 Å². The van der Waals surface area contributed by atoms with Crippen molar-refractivity contribution >= 4 is 10.0 Å². The lowest BCUT2D eigenvalue weighted by molar-refractivity contribution is 0.0798. The summed E-state index contributed by atoms with van der Waals surface area (Å²) in [5.41, 5.74) is 0.410. The van der Waals surface area contributed by atoms with E-state index in [-0.39, 0.29) is 11.5 Å². The molecule has 1 atom stereocenters. The first-order valence-electron chi connectivity index (χ1n) is 6.56. The van der Waals surface area contributed by atoms with Gasteiger partial charge in [-0.3, -0.25) is 0 Å². The zero-order chi connectivity index (χ0) is 16.8. The molecule has 1 N–H and O–H groups in total. The van der Waals surface area contributed by atoms with Crippen molar-refractivity contribution in [2.24, 2.45) is 0 Å². The molecule has 0 heterocycles. The number of alkyl halides is 2. The van der Waals surface area contributed by atoms with Crippen LogP contribution in [-0.2, 0) is 10.0 Å². The van der Waals surface area contributed by atoms with Crippen LogP contribution in [0.2, 0.25) is 0 Å². The number of allylic oxidation sites excluding steroid dienone is 1. The topological polar surface area (TPSA) is 55.4 Å². The van der Waals surface area contributed by atoms with Gasteiger partial charge in [0.2, 0.25) is 10.0 Å². The fraction of sp³-hybridized carbons (Fsp3) is 0.429. The maximum absolute atomic E-state index is 13.5. The molecule has 0 spiro atoms. The second-order valence-corrected chi connectivity index (χ2v) is 6.50. The minimum atomic E-state index is -3.52. The molecule has 1 rings (SSSR count). The zero-order valence-electron chi connectivity index (χ0n) is 12.1. The van der Waals surface area contributed by atoms with E-state index < -0.39 is 34.9 Å². The van der Waals surface area contributed by atoms with Crippen LogP contribution in [0.5, 0.6) is 5.75 Å². The third kappa shape index (κ3) is 6.07. The van der Waals surface area contributed by atoms with Gasteiger partial charge in [-0.15, -0.1) is 6.58 Å². The highest BCUT2D eigenvalue weighted by Crippen LogP contribution is 2.23. The Hall–Kier alpha value is -1.54. The smallest absolute Gasteiger partial charge is 0.272 e. The Bertz CT molecular complexity index is 605. The van der Waals surface area contributed by atoms with Gasteiger partial charge < -0.3 is 4.74 Å². The minimum absolute atomic E-state index is 0.114. The quantitative estimate of drug-likeness (QED) is 0.705. The van der Waals surface area contributed by atoms with Gasteiger partial charge in [0.05, 0.1) is 5.75 Å². The molecule has 8 heteroatoms. The average molecular weight is 337 g/mol. The molecule has 0 amide bonds. The van der Waals surface area contributed by atoms with Gasteiger partial charge in [0.15, 0.2) is 11.6 Å². The molecule has 22 heavy (non-hydrogen) atoms. The van der Waals surface area contributed by atoms with Crippen LogP contribution in [0.15, 0.2) is 30.9 Å². The molecule has 0 aromatic heterocycles. The molecule has 0 aliphatic rings. The summed E-state index contributed by atoms with van der Waals surface area (Å²) < 4.78 is 68.3. The summed E-state index contributed by atoms with van der Waals surface area (Å²) in [7, 11) is -3.52. The van der Waals surface area contributed by atoms with E-state index in [9.17, 15) is 21.6 Å². The Morgan fingerprint density at radius 3 is 2.68 bits per heavy atom. The van der Waals surface area contributed by atoms with E-state index in [4.69, 9.17) is 0 Å². The average Bonchev–Trinajstić information content (AvgIpc) is 2.43. The van der Waals surface area contributed by atoms with Crippen molar-refractivity contribution in [1.82, 2.24) is 4.72 Å². The zero-order valence-corrected chi connectivity index (χ0v) is 12.9. The van der Waals surface area contributed by atoms with Crippen molar-refractivity contribution in [3.63, 3.8) is 0 Å². The fourth-order valence-electron chi connectivity index (χ4n) is 1.69. The van der Waals surface area contributed by atoms with Crippen LogP contribution < -0.4 is 9.46 Å². The van der Waals surface area contributed by atoms with E-state index in [1.165, 1.54) is 18.2 Å². The molecular formula is C14H18F3NO3S. The van der Waals surface area contributed by atoms with Gasteiger partial charge >= 0.3 is 0 Å². The Morgan fingerprint density at radius 2 is 2.09 bits per heavy atom. The van der Waals surface area contributed by atoms with Crippen LogP contribution in [0.1, 0.15) is 24.9 Å². The van der Waals surface area contributed by atoms with E-state index in [2.05, 4.69) is 16.0 Å². The summed E-state index contributed by atoms with van der Waals surface area (Å²) in [4.78, 5) is 0. The SMILES string of the molecule is C=CCCS(=O)(=O)NC(C)c1ccc(F)c(OCC(F)F)c1. The number of ether oxygens (including phenoxy) is 1. The first-order valence-corrected chi connectivity index (χ1v) is 8.21. The summed E-state index contributed by atoms with van der Waals surface area (Å²) in [6.45, 7) is 4.08. The highest BCUT2D eigenvalue weighted by Gasteiger charge is 2.17. The van der Waals surface area contributed by atoms with E-state index in [1.54, 1.807) is 6.92 Å². The minimum Gasteiger partial charge on any atom is -0.485 e. The number of hydrogen-bond acceptors (Lipinski definition) is 3. The van der Waals surface area contributed by atoms with Crippen molar-refractivity contribution < 1.29 is 26.3 Å². The van der Waals surface area contributed by atoms with Crippen LogP contribution in [0.4, 0.5) is 13.2 Å². The van der Waals surface area contributed by atoms with Crippen molar-refractivity contribution in [1.29, 1.82) is 0 Å². The molecule has 4 nitrogen and oxygen atoms in total. The van der Waals surface area contributed by atoms with Crippen LogP contribution in [0.25, 0.3) is 0 Å². The largest absolute Gasteiger partial charge is 0.485 e. The van der Waals surface area contributed by atoms with Crippen LogP contribution in [0, 0.1) is 5.82 Å². The number of hydrogen-bond donors (Lipinski definition) is 1. The molecular weight excluding hydrogens is 319 g/mol. The standard InChI is InChI=1S/C14H18F3NO3S/c1-3-4-7-22(19,20)18-10(2)11-5-6-12(15)13(8-11)21-9-14(16)17/h3,5-6,8,10,14,18H,1,4,7,9H2,2H3. The lowest BCUT2D eigenvalue weighted by Crippen LogP contribution is -2.29. The second kappa shape index (κ2) is 8.19. The summed E-state index contributed by atoms with van der Waals surface area (Å²) in [6, 6.07) is 2.97. The van der Waals surface area contributed by atoms with Gasteiger partial charge in [0, 0.05) is 6.04 Å². The molecule has 0 aliphatic heterocycles. The van der Waals surface area contributed by atoms with Crippen LogP contribution in [0.3, 0.4) is 0 Å². The van der Waals surface area contributed by atoms with E-state index in [0.29, 0.717) is 12.0 Å². The maximum Gasteiger partial charge on any atom is 0.272 e. The molecule has 0 fully saturated rings. The number of halogens is 3. The van der Waals surface area contributed by atoms with Gasteiger partial charge in [0.25, 0.3) is 6.43 Å². The van der Waals surface area contributed by atoms with Crippen molar-refractivity contribution in [3.05, 3.63) is 42.2 Å². The van der Waals surface area contributed by atoms with Crippen molar-refractivity contribution in [2.45, 2.75) is 25.8 Å². The highest BCUT2D eigenvalue weighted by molar-refractivity contribution is 7.89. The number of sulfonamides is 1. The van der Waals surface area contributed by atoms with Gasteiger partial charge in [-0.05, 0) is 31.0 Å². The summed E-state index contributed by atoms with van der Waals surface area (Å²) in [6.07, 6.45) is -0.940. The lowest BCUT2D eigenvalue weighted by Gasteiger charge is -2.16. The summed E-state index contributed by atoms with van der Waals surface area (Å²) in [5, 5.41) is 0. The maximum atomic E-state index is 13.5. The Kier molecular flexibility index (Phi) is 6.89. The summed E-state index contributed by atoms with van der Waals surface area (Å²) >= 11 is 0. The Labute approximate surface area is 128 Å². The third-order valence-corrected chi connectivity index (χ3v) is 4.25. The number of rotatable bonds is 9. The molecule has 1 aromatic carbocycles. The van der Waals surface area contributed by atoms with Crippen molar-refractivity contribution in [3.8, 4) is 5.75 Å². The lowest BCUT2D eigenvalue weighted by atomic mass is 10.1. The molecule has 0 saturated carbocycles.